The molecule has 122 valence electrons. The predicted molar refractivity (Wildman–Crippen MR) is 89.7 cm³/mol. The summed E-state index contributed by atoms with van der Waals surface area (Å²) in [6.45, 7) is 3.19. The first kappa shape index (κ1) is 17.8. The van der Waals surface area contributed by atoms with E-state index < -0.39 is 9.96 Å². The van der Waals surface area contributed by atoms with Crippen LogP contribution in [0, 0.1) is 6.92 Å². The molecule has 1 aliphatic rings. The minimum atomic E-state index is -1.65. The fourth-order valence-corrected chi connectivity index (χ4v) is 2.70. The largest absolute Gasteiger partial charge is 0.377 e. The van der Waals surface area contributed by atoms with Gasteiger partial charge in [-0.1, -0.05) is 52.5 Å². The number of carbonyl (C=O) groups is 1. The number of halogens is 3. The summed E-state index contributed by atoms with van der Waals surface area (Å²) < 4.78 is 3.86. The van der Waals surface area contributed by atoms with Crippen LogP contribution in [0.25, 0.3) is 0 Å². The van der Waals surface area contributed by atoms with Crippen molar-refractivity contribution in [3.8, 4) is 0 Å². The average molecular weight is 366 g/mol. The Morgan fingerprint density at radius 3 is 2.82 bits per heavy atom. The van der Waals surface area contributed by atoms with Gasteiger partial charge in [-0.05, 0) is 31.9 Å². The number of hydrogen-bond acceptors (Lipinski definition) is 3. The van der Waals surface area contributed by atoms with Gasteiger partial charge < -0.3 is 10.1 Å². The van der Waals surface area contributed by atoms with Gasteiger partial charge in [-0.3, -0.25) is 10.1 Å². The molecule has 0 aliphatic carbocycles. The van der Waals surface area contributed by atoms with Crippen molar-refractivity contribution in [2.24, 2.45) is 0 Å². The molecular formula is C15H19Cl3N2O2. The predicted octanol–water partition coefficient (Wildman–Crippen LogP) is 3.19. The lowest BCUT2D eigenvalue weighted by Gasteiger charge is -2.27. The molecule has 1 saturated heterocycles. The second-order valence-corrected chi connectivity index (χ2v) is 7.73. The number of carbonyl (C=O) groups excluding carboxylic acids is 1. The maximum absolute atomic E-state index is 12.3. The Hall–Kier alpha value is -0.520. The van der Waals surface area contributed by atoms with Gasteiger partial charge in [0.05, 0.1) is 6.10 Å². The van der Waals surface area contributed by atoms with Crippen molar-refractivity contribution >= 4 is 40.7 Å². The van der Waals surface area contributed by atoms with Crippen LogP contribution in [0.1, 0.15) is 28.8 Å². The third-order valence-electron chi connectivity index (χ3n) is 3.46. The van der Waals surface area contributed by atoms with Crippen LogP contribution in [0.2, 0.25) is 0 Å². The van der Waals surface area contributed by atoms with Crippen molar-refractivity contribution in [3.63, 3.8) is 0 Å². The lowest BCUT2D eigenvalue weighted by atomic mass is 10.1. The fourth-order valence-electron chi connectivity index (χ4n) is 2.30. The van der Waals surface area contributed by atoms with E-state index >= 15 is 0 Å². The minimum absolute atomic E-state index is 0.0886. The molecule has 1 aromatic rings. The van der Waals surface area contributed by atoms with E-state index in [0.29, 0.717) is 12.1 Å². The molecule has 2 atom stereocenters. The number of aryl methyl sites for hydroxylation is 1. The van der Waals surface area contributed by atoms with Crippen molar-refractivity contribution < 1.29 is 9.53 Å². The molecule has 4 nitrogen and oxygen atoms in total. The third-order valence-corrected chi connectivity index (χ3v) is 4.11. The van der Waals surface area contributed by atoms with E-state index in [1.54, 1.807) is 12.1 Å². The molecule has 22 heavy (non-hydrogen) atoms. The van der Waals surface area contributed by atoms with Crippen molar-refractivity contribution in [2.45, 2.75) is 35.8 Å². The van der Waals surface area contributed by atoms with Gasteiger partial charge in [0.15, 0.2) is 0 Å². The lowest BCUT2D eigenvalue weighted by Crippen LogP contribution is -2.54. The van der Waals surface area contributed by atoms with Gasteiger partial charge in [-0.15, -0.1) is 0 Å². The summed E-state index contributed by atoms with van der Waals surface area (Å²) in [6.07, 6.45) is 1.28. The molecule has 2 rings (SSSR count). The van der Waals surface area contributed by atoms with Gasteiger partial charge in [0.25, 0.3) is 5.91 Å². The second-order valence-electron chi connectivity index (χ2n) is 5.36. The molecule has 0 bridgehead atoms. The number of hydrogen-bond donors (Lipinski definition) is 2. The van der Waals surface area contributed by atoms with Crippen molar-refractivity contribution in [3.05, 3.63) is 35.4 Å². The summed E-state index contributed by atoms with van der Waals surface area (Å²) in [5, 5.41) is 5.79. The van der Waals surface area contributed by atoms with Crippen molar-refractivity contribution in [2.75, 3.05) is 13.2 Å². The number of rotatable bonds is 5. The van der Waals surface area contributed by atoms with E-state index in [-0.39, 0.29) is 12.0 Å². The summed E-state index contributed by atoms with van der Waals surface area (Å²) >= 11 is 17.9. The van der Waals surface area contributed by atoms with E-state index in [2.05, 4.69) is 10.6 Å². The van der Waals surface area contributed by atoms with Crippen LogP contribution in [-0.2, 0) is 4.74 Å². The van der Waals surface area contributed by atoms with Crippen LogP contribution >= 0.6 is 34.8 Å². The first-order chi connectivity index (χ1) is 10.4. The molecule has 0 aromatic heterocycles. The highest BCUT2D eigenvalue weighted by Gasteiger charge is 2.34. The quantitative estimate of drug-likeness (QED) is 0.622. The van der Waals surface area contributed by atoms with Crippen LogP contribution in [-0.4, -0.2) is 35.1 Å². The Morgan fingerprint density at radius 1 is 1.45 bits per heavy atom. The molecule has 1 fully saturated rings. The molecule has 0 spiro atoms. The fraction of sp³-hybridized carbons (Fsp3) is 0.533. The van der Waals surface area contributed by atoms with Gasteiger partial charge in [-0.25, -0.2) is 0 Å². The van der Waals surface area contributed by atoms with Crippen LogP contribution in [0.3, 0.4) is 0 Å². The standard InChI is InChI=1S/C15H19Cl3N2O2/c1-10-4-2-5-11(8-10)13(21)20-14(15(16,17)18)19-9-12-6-3-7-22-12/h2,4-5,8,12,14,19H,3,6-7,9H2,1H3,(H,20,21)/t12-,14+/m1/s1. The third kappa shape index (κ3) is 5.28. The number of alkyl halides is 3. The molecule has 1 aliphatic heterocycles. The van der Waals surface area contributed by atoms with Gasteiger partial charge in [-0.2, -0.15) is 0 Å². The molecule has 2 N–H and O–H groups in total. The first-order valence-corrected chi connectivity index (χ1v) is 8.29. The Labute approximate surface area is 145 Å². The molecule has 7 heteroatoms. The van der Waals surface area contributed by atoms with Gasteiger partial charge >= 0.3 is 0 Å². The highest BCUT2D eigenvalue weighted by Crippen LogP contribution is 2.29. The Bertz CT molecular complexity index is 514. The van der Waals surface area contributed by atoms with Crippen LogP contribution in [0.5, 0.6) is 0 Å². The van der Waals surface area contributed by atoms with Crippen molar-refractivity contribution in [1.29, 1.82) is 0 Å². The van der Waals surface area contributed by atoms with Gasteiger partial charge in [0.2, 0.25) is 3.79 Å². The second kappa shape index (κ2) is 7.84. The lowest BCUT2D eigenvalue weighted by molar-refractivity contribution is 0.0897. The van der Waals surface area contributed by atoms with E-state index in [4.69, 9.17) is 39.5 Å². The van der Waals surface area contributed by atoms with Gasteiger partial charge in [0, 0.05) is 18.7 Å². The number of amides is 1. The van der Waals surface area contributed by atoms with E-state index in [1.807, 2.05) is 19.1 Å². The highest BCUT2D eigenvalue weighted by molar-refractivity contribution is 6.68. The summed E-state index contributed by atoms with van der Waals surface area (Å²) in [4.78, 5) is 12.3. The normalized spacial score (nSPS) is 19.9. The topological polar surface area (TPSA) is 50.4 Å². The summed E-state index contributed by atoms with van der Waals surface area (Å²) in [5.74, 6) is -0.292. The maximum atomic E-state index is 12.3. The van der Waals surface area contributed by atoms with Crippen LogP contribution in [0.15, 0.2) is 24.3 Å². The number of ether oxygens (including phenoxy) is 1. The molecule has 1 aromatic carbocycles. The SMILES string of the molecule is Cc1cccc(C(=O)N[C@H](NC[C@H]2CCCO2)C(Cl)(Cl)Cl)c1. The molecule has 0 saturated carbocycles. The molecule has 1 heterocycles. The first-order valence-electron chi connectivity index (χ1n) is 7.15. The zero-order valence-corrected chi connectivity index (χ0v) is 14.5. The Morgan fingerprint density at radius 2 is 2.23 bits per heavy atom. The van der Waals surface area contributed by atoms with Crippen LogP contribution in [0.4, 0.5) is 0 Å². The van der Waals surface area contributed by atoms with E-state index in [0.717, 1.165) is 25.0 Å². The van der Waals surface area contributed by atoms with Gasteiger partial charge in [0.1, 0.15) is 6.17 Å². The molecular weight excluding hydrogens is 347 g/mol. The molecule has 1 amide bonds. The molecule has 0 radical (unpaired) electrons. The summed E-state index contributed by atoms with van der Waals surface area (Å²) in [7, 11) is 0. The maximum Gasteiger partial charge on any atom is 0.252 e. The minimum Gasteiger partial charge on any atom is -0.377 e. The number of nitrogens with one attached hydrogen (secondary N) is 2. The van der Waals surface area contributed by atoms with E-state index in [1.165, 1.54) is 0 Å². The summed E-state index contributed by atoms with van der Waals surface area (Å²) in [6, 6.07) is 7.23. The Kier molecular flexibility index (Phi) is 6.36. The smallest absolute Gasteiger partial charge is 0.252 e. The zero-order chi connectivity index (χ0) is 16.2. The Balaban J connectivity index is 1.98. The number of benzene rings is 1. The monoisotopic (exact) mass is 364 g/mol. The highest BCUT2D eigenvalue weighted by atomic mass is 35.6. The van der Waals surface area contributed by atoms with E-state index in [9.17, 15) is 4.79 Å². The van der Waals surface area contributed by atoms with Crippen molar-refractivity contribution in [1.82, 2.24) is 10.6 Å². The zero-order valence-electron chi connectivity index (χ0n) is 12.2. The average Bonchev–Trinajstić information content (AvgIpc) is 2.95. The van der Waals surface area contributed by atoms with Crippen LogP contribution < -0.4 is 10.6 Å². The summed E-state index contributed by atoms with van der Waals surface area (Å²) in [5.41, 5.74) is 1.52. The molecule has 0 unspecified atom stereocenters.